The number of nitrogens with zero attached hydrogens (tertiary/aromatic N) is 4. The molecule has 3 aliphatic rings. The average Bonchev–Trinajstić information content (AvgIpc) is 3.91. The number of benzene rings is 5. The number of anilines is 4. The number of pyridine rings is 1. The van der Waals surface area contributed by atoms with Crippen molar-refractivity contribution in [3.63, 3.8) is 0 Å². The van der Waals surface area contributed by atoms with Crippen LogP contribution < -0.4 is 20.7 Å². The van der Waals surface area contributed by atoms with Crippen LogP contribution in [0, 0.1) is 18.8 Å². The fourth-order valence-corrected chi connectivity index (χ4v) is 10.7. The molecule has 0 radical (unpaired) electrons. The summed E-state index contributed by atoms with van der Waals surface area (Å²) in [4.78, 5) is 9.34. The van der Waals surface area contributed by atoms with E-state index in [0.717, 1.165) is 73.2 Å². The molecule has 0 atom stereocenters. The molecule has 0 amide bonds. The molecule has 0 spiro atoms. The third kappa shape index (κ3) is 11.6. The average molecular weight is 1210 g/mol. The standard InChI is InChI=1S/C58H69B6N4O6S.Pt/c1-54(2,3)42-32-33-65-52(36-42)68-48-27-17-16-24-44(48)45-31-30-41(35-51(45)68)38-75-37-40-22-20-23-43(34-40)66-39-67(50-29-19-18-28-49(50)66)53-46(59-69-61(55(4,5)6)73-62(70-59)56(7,8)9)25-21-26-47(53)60-71-63(57(10,11)12)74-64(72-60)58(13,14)15;/h16-33,36,39H,37-38H2,1-15H3;/q-3;. The van der Waals surface area contributed by atoms with E-state index in [1.807, 2.05) is 24.0 Å². The minimum Gasteiger partial charge on any atom is -0.493 e. The Labute approximate surface area is 473 Å². The zero-order chi connectivity index (χ0) is 53.4. The first-order chi connectivity index (χ1) is 35.3. The van der Waals surface area contributed by atoms with Crippen LogP contribution in [0.5, 0.6) is 0 Å². The van der Waals surface area contributed by atoms with Gasteiger partial charge in [0.05, 0.1) is 0 Å². The molecule has 76 heavy (non-hydrogen) atoms. The molecular weight excluding hydrogens is 1140 g/mol. The van der Waals surface area contributed by atoms with Crippen molar-refractivity contribution in [1.82, 2.24) is 9.55 Å². The van der Waals surface area contributed by atoms with E-state index in [0.29, 0.717) is 0 Å². The molecule has 0 saturated carbocycles. The van der Waals surface area contributed by atoms with Crippen molar-refractivity contribution >= 4 is 110 Å². The third-order valence-electron chi connectivity index (χ3n) is 13.9. The normalized spacial score (nSPS) is 16.1. The predicted octanol–water partition coefficient (Wildman–Crippen LogP) is 13.6. The summed E-state index contributed by atoms with van der Waals surface area (Å²) < 4.78 is 43.0. The van der Waals surface area contributed by atoms with Crippen LogP contribution in [0.1, 0.15) is 121 Å². The Kier molecular flexibility index (Phi) is 16.0. The van der Waals surface area contributed by atoms with Gasteiger partial charge in [-0.1, -0.05) is 158 Å². The molecule has 0 N–H and O–H groups in total. The molecule has 18 heteroatoms. The number of thioether (sulfide) groups is 1. The smallest absolute Gasteiger partial charge is 0.468 e. The maximum absolute atomic E-state index is 6.90. The largest absolute Gasteiger partial charge is 0.493 e. The molecule has 2 saturated heterocycles. The number of rotatable bonds is 9. The Hall–Kier alpha value is -4.16. The van der Waals surface area contributed by atoms with Crippen LogP contribution >= 0.6 is 11.8 Å². The number of para-hydroxylation sites is 4. The van der Waals surface area contributed by atoms with Crippen LogP contribution in [0.2, 0.25) is 21.3 Å². The van der Waals surface area contributed by atoms with Gasteiger partial charge < -0.3 is 41.8 Å². The van der Waals surface area contributed by atoms with Crippen LogP contribution in [-0.2, 0) is 65.4 Å². The first-order valence-corrected chi connectivity index (χ1v) is 27.6. The van der Waals surface area contributed by atoms with E-state index in [1.54, 1.807) is 0 Å². The maximum Gasteiger partial charge on any atom is 0.468 e. The van der Waals surface area contributed by atoms with Gasteiger partial charge in [0.25, 0.3) is 0 Å². The molecule has 2 fully saturated rings. The topological polar surface area (TPSA) is 79.7 Å². The molecule has 10 nitrogen and oxygen atoms in total. The van der Waals surface area contributed by atoms with E-state index in [2.05, 4.69) is 240 Å². The van der Waals surface area contributed by atoms with Crippen molar-refractivity contribution < 1.29 is 48.5 Å². The molecular formula is C58H69B6N4O6PtS-3. The molecule has 2 aromatic heterocycles. The molecule has 0 aliphatic carbocycles. The van der Waals surface area contributed by atoms with Crippen molar-refractivity contribution in [2.75, 3.05) is 9.80 Å². The van der Waals surface area contributed by atoms with E-state index >= 15 is 0 Å². The van der Waals surface area contributed by atoms with E-state index < -0.39 is 42.7 Å². The van der Waals surface area contributed by atoms with Gasteiger partial charge in [0.15, 0.2) is 0 Å². The monoisotopic (exact) mass is 1210 g/mol. The first kappa shape index (κ1) is 56.6. The Morgan fingerprint density at radius 1 is 0.526 bits per heavy atom. The summed E-state index contributed by atoms with van der Waals surface area (Å²) in [5, 5.41) is 0.981. The number of fused-ring (bicyclic) bond motifs is 4. The minimum atomic E-state index is -0.794. The minimum absolute atomic E-state index is 0. The first-order valence-electron chi connectivity index (χ1n) is 26.4. The van der Waals surface area contributed by atoms with Gasteiger partial charge in [-0.05, 0) is 79.5 Å². The summed E-state index contributed by atoms with van der Waals surface area (Å²) in [6.07, 6.45) is 1.93. The summed E-state index contributed by atoms with van der Waals surface area (Å²) >= 11 is 1.86. The van der Waals surface area contributed by atoms with Crippen molar-refractivity contribution in [3.8, 4) is 5.82 Å². The van der Waals surface area contributed by atoms with Gasteiger partial charge in [0, 0.05) is 60.8 Å². The van der Waals surface area contributed by atoms with Crippen molar-refractivity contribution in [1.29, 1.82) is 0 Å². The molecule has 0 bridgehead atoms. The second-order valence-electron chi connectivity index (χ2n) is 25.7. The summed E-state index contributed by atoms with van der Waals surface area (Å²) in [6.45, 7) is 34.5. The number of aromatic nitrogens is 2. The molecule has 3 aliphatic heterocycles. The zero-order valence-electron chi connectivity index (χ0n) is 46.9. The van der Waals surface area contributed by atoms with Gasteiger partial charge in [-0.3, -0.25) is 0 Å². The number of hydrogen-bond acceptors (Lipinski definition) is 10. The molecule has 0 unspecified atom stereocenters. The van der Waals surface area contributed by atoms with Gasteiger partial charge in [0.2, 0.25) is 0 Å². The predicted molar refractivity (Wildman–Crippen MR) is 317 cm³/mol. The molecule has 10 rings (SSSR count). The summed E-state index contributed by atoms with van der Waals surface area (Å²) in [6, 6.07) is 46.1. The molecule has 5 aromatic carbocycles. The maximum atomic E-state index is 6.90. The van der Waals surface area contributed by atoms with Crippen molar-refractivity contribution in [2.24, 2.45) is 0 Å². The van der Waals surface area contributed by atoms with Crippen molar-refractivity contribution in [2.45, 2.75) is 142 Å². The summed E-state index contributed by atoms with van der Waals surface area (Å²) in [5.74, 6) is 2.44. The second-order valence-corrected chi connectivity index (χ2v) is 26.7. The SMILES string of the molecule is CC(C)(C)B1OB(c2cccc(B3OB(C(C)(C)C)OB(C(C)(C)C)O3)c2N2[CH-]N(c3[c-]c(CSCc4[c-]c5c(cc4)c4ccccc4n5-c4cc(C(C)(C)C)ccn4)ccc3)c3ccccc32)OB(C(C)(C)C)O1.[Pt]. The fraction of sp³-hybridized carbons (Fsp3) is 0.379. The summed E-state index contributed by atoms with van der Waals surface area (Å²) in [5.41, 5.74) is 11.0. The van der Waals surface area contributed by atoms with E-state index in [1.165, 1.54) is 16.3 Å². The van der Waals surface area contributed by atoms with Gasteiger partial charge >= 0.3 is 42.7 Å². The Morgan fingerprint density at radius 3 is 1.59 bits per heavy atom. The van der Waals surface area contributed by atoms with E-state index in [-0.39, 0.29) is 47.7 Å². The van der Waals surface area contributed by atoms with E-state index in [4.69, 9.17) is 32.4 Å². The quantitative estimate of drug-likeness (QED) is 0.103. The van der Waals surface area contributed by atoms with Crippen molar-refractivity contribution in [3.05, 3.63) is 151 Å². The van der Waals surface area contributed by atoms with Crippen LogP contribution in [0.15, 0.2) is 115 Å². The van der Waals surface area contributed by atoms with Crippen LogP contribution in [-0.4, -0.2) is 52.3 Å². The van der Waals surface area contributed by atoms with E-state index in [9.17, 15) is 0 Å². The van der Waals surface area contributed by atoms with Gasteiger partial charge in [-0.25, -0.2) is 4.98 Å². The molecule has 5 heterocycles. The van der Waals surface area contributed by atoms with Gasteiger partial charge in [-0.2, -0.15) is 65.4 Å². The fourth-order valence-electron chi connectivity index (χ4n) is 9.78. The summed E-state index contributed by atoms with van der Waals surface area (Å²) in [7, 11) is -3.79. The molecule has 394 valence electrons. The number of hydrogen-bond donors (Lipinski definition) is 0. The Morgan fingerprint density at radius 2 is 1.04 bits per heavy atom. The van der Waals surface area contributed by atoms with Crippen LogP contribution in [0.25, 0.3) is 27.6 Å². The second kappa shape index (κ2) is 21.5. The Bertz CT molecular complexity index is 3110. The zero-order valence-corrected chi connectivity index (χ0v) is 50.0. The van der Waals surface area contributed by atoms with Crippen LogP contribution in [0.3, 0.4) is 0 Å². The van der Waals surface area contributed by atoms with Crippen LogP contribution in [0.4, 0.5) is 22.7 Å². The van der Waals surface area contributed by atoms with Gasteiger partial charge in [0.1, 0.15) is 5.82 Å². The molecule has 7 aromatic rings. The Balaban J connectivity index is 0.00000706. The van der Waals surface area contributed by atoms with Gasteiger partial charge in [-0.15, -0.1) is 17.7 Å². The third-order valence-corrected chi connectivity index (χ3v) is 14.9.